The molecule has 0 radical (unpaired) electrons. The third-order valence-corrected chi connectivity index (χ3v) is 4.04. The lowest BCUT2D eigenvalue weighted by Gasteiger charge is -2.24. The van der Waals surface area contributed by atoms with Gasteiger partial charge >= 0.3 is 0 Å². The molecule has 1 aliphatic heterocycles. The van der Waals surface area contributed by atoms with Gasteiger partial charge in [-0.1, -0.05) is 34.1 Å². The van der Waals surface area contributed by atoms with Crippen molar-refractivity contribution in [2.24, 2.45) is 5.73 Å². The molecule has 0 atom stereocenters. The summed E-state index contributed by atoms with van der Waals surface area (Å²) in [5.74, 6) is 1.01. The Morgan fingerprint density at radius 1 is 1.24 bits per heavy atom. The van der Waals surface area contributed by atoms with Crippen molar-refractivity contribution < 1.29 is 4.74 Å². The van der Waals surface area contributed by atoms with Crippen LogP contribution in [0.1, 0.15) is 11.1 Å². The summed E-state index contributed by atoms with van der Waals surface area (Å²) in [7, 11) is 0. The maximum atomic E-state index is 7.79. The molecular weight excluding hydrogens is 330 g/mol. The van der Waals surface area contributed by atoms with E-state index in [1.54, 1.807) is 0 Å². The summed E-state index contributed by atoms with van der Waals surface area (Å²) in [4.78, 5) is 2.20. The van der Waals surface area contributed by atoms with Crippen LogP contribution in [0.5, 0.6) is 5.75 Å². The van der Waals surface area contributed by atoms with E-state index in [9.17, 15) is 0 Å². The van der Waals surface area contributed by atoms with Crippen molar-refractivity contribution in [3.05, 3.63) is 58.1 Å². The third kappa shape index (κ3) is 2.88. The van der Waals surface area contributed by atoms with Gasteiger partial charge in [0.25, 0.3) is 0 Å². The van der Waals surface area contributed by atoms with E-state index in [4.69, 9.17) is 15.9 Å². The zero-order valence-corrected chi connectivity index (χ0v) is 13.1. The predicted molar refractivity (Wildman–Crippen MR) is 88.1 cm³/mol. The van der Waals surface area contributed by atoms with Gasteiger partial charge in [0, 0.05) is 27.8 Å². The number of nitrogens with zero attached hydrogens (tertiary/aromatic N) is 1. The fourth-order valence-electron chi connectivity index (χ4n) is 2.53. The van der Waals surface area contributed by atoms with E-state index in [0.29, 0.717) is 6.61 Å². The lowest BCUT2D eigenvalue weighted by Crippen LogP contribution is -2.28. The molecule has 4 nitrogen and oxygen atoms in total. The number of nitrogens with one attached hydrogen (secondary N) is 1. The normalized spacial score (nSPS) is 14.0. The Hall–Kier alpha value is -2.01. The van der Waals surface area contributed by atoms with Crippen LogP contribution in [0, 0.1) is 5.41 Å². The molecule has 0 aliphatic carbocycles. The summed E-state index contributed by atoms with van der Waals surface area (Å²) < 4.78 is 6.71. The highest BCUT2D eigenvalue weighted by molar-refractivity contribution is 9.10. The molecule has 0 unspecified atom stereocenters. The second-order valence-corrected chi connectivity index (χ2v) is 5.87. The van der Waals surface area contributed by atoms with Crippen LogP contribution >= 0.6 is 15.9 Å². The van der Waals surface area contributed by atoms with Gasteiger partial charge in [0.1, 0.15) is 18.2 Å². The molecule has 108 valence electrons. The van der Waals surface area contributed by atoms with Crippen LogP contribution in [-0.4, -0.2) is 19.0 Å². The first-order chi connectivity index (χ1) is 10.1. The van der Waals surface area contributed by atoms with Crippen molar-refractivity contribution in [1.29, 1.82) is 5.41 Å². The molecule has 1 aliphatic rings. The Morgan fingerprint density at radius 3 is 2.86 bits per heavy atom. The van der Waals surface area contributed by atoms with Crippen molar-refractivity contribution in [2.75, 3.05) is 18.1 Å². The number of rotatable bonds is 2. The summed E-state index contributed by atoms with van der Waals surface area (Å²) in [6.45, 7) is 2.12. The second kappa shape index (κ2) is 5.77. The smallest absolute Gasteiger partial charge is 0.124 e. The van der Waals surface area contributed by atoms with Crippen molar-refractivity contribution in [2.45, 2.75) is 6.54 Å². The van der Waals surface area contributed by atoms with Gasteiger partial charge in [-0.2, -0.15) is 0 Å². The van der Waals surface area contributed by atoms with E-state index in [1.165, 1.54) is 0 Å². The van der Waals surface area contributed by atoms with Crippen molar-refractivity contribution in [1.82, 2.24) is 0 Å². The molecule has 0 fully saturated rings. The monoisotopic (exact) mass is 345 g/mol. The van der Waals surface area contributed by atoms with E-state index in [0.717, 1.165) is 40.1 Å². The molecule has 0 spiro atoms. The van der Waals surface area contributed by atoms with E-state index in [-0.39, 0.29) is 5.84 Å². The molecule has 0 amide bonds. The molecule has 21 heavy (non-hydrogen) atoms. The second-order valence-electron chi connectivity index (χ2n) is 4.95. The van der Waals surface area contributed by atoms with E-state index in [2.05, 4.69) is 26.9 Å². The first kappa shape index (κ1) is 13.9. The van der Waals surface area contributed by atoms with Gasteiger partial charge < -0.3 is 15.4 Å². The third-order valence-electron chi connectivity index (χ3n) is 3.54. The van der Waals surface area contributed by atoms with E-state index in [1.807, 2.05) is 36.4 Å². The topological polar surface area (TPSA) is 62.3 Å². The predicted octanol–water partition coefficient (Wildman–Crippen LogP) is 3.13. The lowest BCUT2D eigenvalue weighted by molar-refractivity contribution is 0.331. The number of nitrogen functional groups attached to an aromatic ring is 1. The lowest BCUT2D eigenvalue weighted by atomic mass is 10.1. The fourth-order valence-corrected chi connectivity index (χ4v) is 2.89. The van der Waals surface area contributed by atoms with Crippen molar-refractivity contribution in [3.8, 4) is 5.75 Å². The first-order valence-electron chi connectivity index (χ1n) is 6.75. The van der Waals surface area contributed by atoms with Crippen molar-refractivity contribution in [3.63, 3.8) is 0 Å². The number of hydrogen-bond acceptors (Lipinski definition) is 3. The highest BCUT2D eigenvalue weighted by Crippen LogP contribution is 2.29. The number of nitrogens with two attached hydrogens (primary N) is 1. The number of anilines is 1. The van der Waals surface area contributed by atoms with Gasteiger partial charge in [0.05, 0.1) is 6.54 Å². The Balaban J connectivity index is 2.00. The minimum absolute atomic E-state index is 0.0738. The number of amidine groups is 1. The average Bonchev–Trinajstić information content (AvgIpc) is 2.69. The number of para-hydroxylation sites is 1. The molecule has 1 heterocycles. The molecule has 0 bridgehead atoms. The van der Waals surface area contributed by atoms with Crippen LogP contribution in [0.2, 0.25) is 0 Å². The number of ether oxygens (including phenoxy) is 1. The summed E-state index contributed by atoms with van der Waals surface area (Å²) >= 11 is 3.43. The highest BCUT2D eigenvalue weighted by Gasteiger charge is 2.18. The molecule has 2 aromatic carbocycles. The number of fused-ring (bicyclic) bond motifs is 1. The molecule has 0 saturated heterocycles. The van der Waals surface area contributed by atoms with Gasteiger partial charge in [0.2, 0.25) is 0 Å². The number of halogens is 1. The molecule has 2 aromatic rings. The molecule has 0 aromatic heterocycles. The van der Waals surface area contributed by atoms with Gasteiger partial charge in [-0.15, -0.1) is 0 Å². The molecular formula is C16H16BrN3O. The SMILES string of the molecule is N=C(N)c1cc(Br)ccc1N1CCOc2ccccc2C1. The Morgan fingerprint density at radius 2 is 2.05 bits per heavy atom. The minimum Gasteiger partial charge on any atom is -0.491 e. The zero-order chi connectivity index (χ0) is 14.8. The number of hydrogen-bond donors (Lipinski definition) is 2. The Kier molecular flexibility index (Phi) is 3.84. The van der Waals surface area contributed by atoms with Crippen LogP contribution < -0.4 is 15.4 Å². The Labute approximate surface area is 132 Å². The quantitative estimate of drug-likeness (QED) is 0.649. The molecule has 3 N–H and O–H groups in total. The fraction of sp³-hybridized carbons (Fsp3) is 0.188. The highest BCUT2D eigenvalue weighted by atomic mass is 79.9. The summed E-state index contributed by atoms with van der Waals surface area (Å²) in [6, 6.07) is 13.9. The van der Waals surface area contributed by atoms with Crippen LogP contribution in [0.25, 0.3) is 0 Å². The largest absolute Gasteiger partial charge is 0.491 e. The van der Waals surface area contributed by atoms with Crippen LogP contribution in [-0.2, 0) is 6.54 Å². The van der Waals surface area contributed by atoms with Crippen molar-refractivity contribution >= 4 is 27.5 Å². The van der Waals surface area contributed by atoms with Crippen LogP contribution in [0.4, 0.5) is 5.69 Å². The van der Waals surface area contributed by atoms with Crippen LogP contribution in [0.15, 0.2) is 46.9 Å². The van der Waals surface area contributed by atoms with Gasteiger partial charge in [-0.05, 0) is 24.3 Å². The van der Waals surface area contributed by atoms with Gasteiger partial charge in [0.15, 0.2) is 0 Å². The van der Waals surface area contributed by atoms with E-state index >= 15 is 0 Å². The summed E-state index contributed by atoms with van der Waals surface area (Å²) in [6.07, 6.45) is 0. The first-order valence-corrected chi connectivity index (χ1v) is 7.54. The minimum atomic E-state index is 0.0738. The Bertz CT molecular complexity index is 687. The number of benzene rings is 2. The maximum absolute atomic E-state index is 7.79. The summed E-state index contributed by atoms with van der Waals surface area (Å²) in [5.41, 5.74) is 8.58. The van der Waals surface area contributed by atoms with Crippen LogP contribution in [0.3, 0.4) is 0 Å². The molecule has 0 saturated carbocycles. The van der Waals surface area contributed by atoms with Gasteiger partial charge in [-0.25, -0.2) is 0 Å². The molecule has 5 heteroatoms. The summed E-state index contributed by atoms with van der Waals surface area (Å²) in [5, 5.41) is 7.79. The zero-order valence-electron chi connectivity index (χ0n) is 11.5. The standard InChI is InChI=1S/C16H16BrN3O/c17-12-5-6-14(13(9-12)16(18)19)20-7-8-21-15-4-2-1-3-11(15)10-20/h1-6,9H,7-8,10H2,(H3,18,19). The average molecular weight is 346 g/mol. The van der Waals surface area contributed by atoms with E-state index < -0.39 is 0 Å². The maximum Gasteiger partial charge on any atom is 0.124 e. The molecule has 3 rings (SSSR count). The van der Waals surface area contributed by atoms with Gasteiger partial charge in [-0.3, -0.25) is 5.41 Å².